The van der Waals surface area contributed by atoms with Crippen molar-refractivity contribution in [3.05, 3.63) is 92.4 Å². The van der Waals surface area contributed by atoms with E-state index in [-0.39, 0.29) is 5.91 Å². The van der Waals surface area contributed by atoms with Gasteiger partial charge in [0.1, 0.15) is 18.1 Å². The molecule has 3 rings (SSSR count). The molecule has 0 saturated carbocycles. The summed E-state index contributed by atoms with van der Waals surface area (Å²) in [4.78, 5) is 12.5. The van der Waals surface area contributed by atoms with E-state index in [4.69, 9.17) is 9.47 Å². The van der Waals surface area contributed by atoms with Crippen LogP contribution in [0.2, 0.25) is 0 Å². The lowest BCUT2D eigenvalue weighted by molar-refractivity contribution is 0.0952. The number of methoxy groups -OCH3 is 1. The summed E-state index contributed by atoms with van der Waals surface area (Å²) in [7, 11) is 1.52. The van der Waals surface area contributed by atoms with E-state index < -0.39 is 0 Å². The van der Waals surface area contributed by atoms with E-state index in [1.807, 2.05) is 48.5 Å². The Labute approximate surface area is 186 Å². The Kier molecular flexibility index (Phi) is 7.43. The third-order valence-electron chi connectivity index (χ3n) is 3.98. The van der Waals surface area contributed by atoms with Crippen LogP contribution in [0.3, 0.4) is 0 Å². The molecule has 0 spiro atoms. The van der Waals surface area contributed by atoms with Gasteiger partial charge in [-0.05, 0) is 42.0 Å². The molecule has 0 unspecified atom stereocenters. The number of nitrogens with zero attached hydrogens (tertiary/aromatic N) is 1. The number of hydrogen-bond acceptors (Lipinski definition) is 4. The van der Waals surface area contributed by atoms with Gasteiger partial charge in [0.05, 0.1) is 18.9 Å². The minimum absolute atomic E-state index is 0.374. The van der Waals surface area contributed by atoms with E-state index in [0.29, 0.717) is 23.7 Å². The highest BCUT2D eigenvalue weighted by atomic mass is 79.9. The summed E-state index contributed by atoms with van der Waals surface area (Å²) in [6.07, 6.45) is 1.55. The van der Waals surface area contributed by atoms with Crippen LogP contribution in [-0.4, -0.2) is 19.2 Å². The zero-order valence-electron chi connectivity index (χ0n) is 15.6. The summed E-state index contributed by atoms with van der Waals surface area (Å²) in [5, 5.41) is 4.08. The number of carbonyl (C=O) groups is 1. The number of rotatable bonds is 7. The molecule has 148 valence electrons. The van der Waals surface area contributed by atoms with Crippen molar-refractivity contribution in [2.45, 2.75) is 6.61 Å². The van der Waals surface area contributed by atoms with Crippen molar-refractivity contribution in [2.75, 3.05) is 7.11 Å². The second-order valence-electron chi connectivity index (χ2n) is 6.00. The first-order valence-electron chi connectivity index (χ1n) is 8.70. The van der Waals surface area contributed by atoms with Crippen LogP contribution in [-0.2, 0) is 6.61 Å². The Bertz CT molecular complexity index is 1020. The average molecular weight is 518 g/mol. The zero-order chi connectivity index (χ0) is 20.6. The Hall–Kier alpha value is -2.64. The maximum absolute atomic E-state index is 12.5. The fourth-order valence-corrected chi connectivity index (χ4v) is 3.31. The maximum atomic E-state index is 12.5. The fraction of sp³-hybridized carbons (Fsp3) is 0.0909. The Balaban J connectivity index is 1.72. The summed E-state index contributed by atoms with van der Waals surface area (Å²) in [5.74, 6) is 0.756. The molecule has 1 amide bonds. The second kappa shape index (κ2) is 10.2. The lowest BCUT2D eigenvalue weighted by Crippen LogP contribution is -2.18. The number of hydrogen-bond donors (Lipinski definition) is 1. The molecule has 3 aromatic carbocycles. The molecule has 0 atom stereocenters. The van der Waals surface area contributed by atoms with E-state index in [9.17, 15) is 4.79 Å². The largest absolute Gasteiger partial charge is 0.496 e. The molecule has 0 fully saturated rings. The predicted molar refractivity (Wildman–Crippen MR) is 121 cm³/mol. The number of benzene rings is 3. The zero-order valence-corrected chi connectivity index (χ0v) is 18.7. The quantitative estimate of drug-likeness (QED) is 0.329. The van der Waals surface area contributed by atoms with E-state index in [1.54, 1.807) is 24.4 Å². The third-order valence-corrected chi connectivity index (χ3v) is 4.97. The van der Waals surface area contributed by atoms with Crippen LogP contribution in [0.15, 0.2) is 80.8 Å². The third kappa shape index (κ3) is 5.92. The monoisotopic (exact) mass is 516 g/mol. The first-order chi connectivity index (χ1) is 14.1. The summed E-state index contributed by atoms with van der Waals surface area (Å²) in [6, 6.07) is 20.7. The first-order valence-corrected chi connectivity index (χ1v) is 10.3. The highest BCUT2D eigenvalue weighted by Crippen LogP contribution is 2.24. The maximum Gasteiger partial charge on any atom is 0.275 e. The minimum atomic E-state index is -0.374. The summed E-state index contributed by atoms with van der Waals surface area (Å²) in [6.45, 7) is 0.435. The number of carbonyl (C=O) groups excluding carboxylic acids is 1. The van der Waals surface area contributed by atoms with E-state index in [2.05, 4.69) is 42.4 Å². The van der Waals surface area contributed by atoms with Gasteiger partial charge in [-0.3, -0.25) is 4.79 Å². The highest BCUT2D eigenvalue weighted by molar-refractivity contribution is 9.10. The minimum Gasteiger partial charge on any atom is -0.496 e. The molecule has 0 heterocycles. The smallest absolute Gasteiger partial charge is 0.275 e. The van der Waals surface area contributed by atoms with Gasteiger partial charge in [-0.25, -0.2) is 5.43 Å². The standard InChI is InChI=1S/C22H18Br2N2O3/c1-28-21-10-8-18(24)12-19(21)22(27)26-25-13-16-11-17(23)7-9-20(16)29-14-15-5-3-2-4-6-15/h2-13H,14H2,1H3,(H,26,27)/b25-13-. The van der Waals surface area contributed by atoms with Crippen molar-refractivity contribution in [1.29, 1.82) is 0 Å². The predicted octanol–water partition coefficient (Wildman–Crippen LogP) is 5.56. The summed E-state index contributed by atoms with van der Waals surface area (Å²) < 4.78 is 12.8. The highest BCUT2D eigenvalue weighted by Gasteiger charge is 2.12. The van der Waals surface area contributed by atoms with Crippen LogP contribution in [0.5, 0.6) is 11.5 Å². The van der Waals surface area contributed by atoms with Crippen molar-refractivity contribution in [3.8, 4) is 11.5 Å². The molecule has 5 nitrogen and oxygen atoms in total. The van der Waals surface area contributed by atoms with E-state index >= 15 is 0 Å². The molecule has 29 heavy (non-hydrogen) atoms. The van der Waals surface area contributed by atoms with Crippen LogP contribution >= 0.6 is 31.9 Å². The molecular weight excluding hydrogens is 500 g/mol. The molecule has 0 saturated heterocycles. The molecule has 3 aromatic rings. The molecule has 0 aliphatic carbocycles. The van der Waals surface area contributed by atoms with Crippen molar-refractivity contribution < 1.29 is 14.3 Å². The molecule has 0 aliphatic heterocycles. The first kappa shape index (κ1) is 21.1. The molecule has 0 aromatic heterocycles. The normalized spacial score (nSPS) is 10.7. The number of hydrazone groups is 1. The van der Waals surface area contributed by atoms with Gasteiger partial charge in [-0.15, -0.1) is 0 Å². The van der Waals surface area contributed by atoms with Gasteiger partial charge in [0.25, 0.3) is 5.91 Å². The van der Waals surface area contributed by atoms with Crippen LogP contribution in [0.1, 0.15) is 21.5 Å². The van der Waals surface area contributed by atoms with Gasteiger partial charge in [0, 0.05) is 14.5 Å². The van der Waals surface area contributed by atoms with Crippen LogP contribution < -0.4 is 14.9 Å². The lowest BCUT2D eigenvalue weighted by Gasteiger charge is -2.10. The van der Waals surface area contributed by atoms with Crippen LogP contribution in [0.4, 0.5) is 0 Å². The average Bonchev–Trinajstić information content (AvgIpc) is 2.73. The van der Waals surface area contributed by atoms with Crippen molar-refractivity contribution in [2.24, 2.45) is 5.10 Å². The van der Waals surface area contributed by atoms with Gasteiger partial charge in [-0.1, -0.05) is 62.2 Å². The topological polar surface area (TPSA) is 59.9 Å². The number of nitrogens with one attached hydrogen (secondary N) is 1. The lowest BCUT2D eigenvalue weighted by atomic mass is 10.2. The summed E-state index contributed by atoms with van der Waals surface area (Å²) >= 11 is 6.81. The molecule has 0 bridgehead atoms. The number of halogens is 2. The molecule has 1 N–H and O–H groups in total. The van der Waals surface area contributed by atoms with Gasteiger partial charge >= 0.3 is 0 Å². The van der Waals surface area contributed by atoms with E-state index in [0.717, 1.165) is 20.1 Å². The summed E-state index contributed by atoms with van der Waals surface area (Å²) in [5.41, 5.74) is 4.71. The van der Waals surface area contributed by atoms with Gasteiger partial charge in [-0.2, -0.15) is 5.10 Å². The van der Waals surface area contributed by atoms with Crippen molar-refractivity contribution in [1.82, 2.24) is 5.43 Å². The number of ether oxygens (including phenoxy) is 2. The van der Waals surface area contributed by atoms with Crippen molar-refractivity contribution >= 4 is 44.0 Å². The Morgan fingerprint density at radius 1 is 1.00 bits per heavy atom. The van der Waals surface area contributed by atoms with Crippen LogP contribution in [0, 0.1) is 0 Å². The van der Waals surface area contributed by atoms with E-state index in [1.165, 1.54) is 7.11 Å². The Morgan fingerprint density at radius 3 is 2.41 bits per heavy atom. The Morgan fingerprint density at radius 2 is 1.69 bits per heavy atom. The molecule has 0 radical (unpaired) electrons. The van der Waals surface area contributed by atoms with Gasteiger partial charge in [0.15, 0.2) is 0 Å². The molecule has 0 aliphatic rings. The second-order valence-corrected chi connectivity index (χ2v) is 7.83. The van der Waals surface area contributed by atoms with Crippen molar-refractivity contribution in [3.63, 3.8) is 0 Å². The fourth-order valence-electron chi connectivity index (χ4n) is 2.57. The SMILES string of the molecule is COc1ccc(Br)cc1C(=O)N/N=C\c1cc(Br)ccc1OCc1ccccc1. The van der Waals surface area contributed by atoms with Gasteiger partial charge < -0.3 is 9.47 Å². The molecular formula is C22H18Br2N2O3. The number of amides is 1. The van der Waals surface area contributed by atoms with Crippen LogP contribution in [0.25, 0.3) is 0 Å². The van der Waals surface area contributed by atoms with Gasteiger partial charge in [0.2, 0.25) is 0 Å². The molecule has 7 heteroatoms.